The van der Waals surface area contributed by atoms with Crippen LogP contribution in [-0.2, 0) is 7.05 Å². The second-order valence-electron chi connectivity index (χ2n) is 6.60. The summed E-state index contributed by atoms with van der Waals surface area (Å²) in [6, 6.07) is 1.97. The van der Waals surface area contributed by atoms with E-state index in [4.69, 9.17) is 0 Å². The molecule has 2 aromatic rings. The molecule has 1 aliphatic heterocycles. The molecule has 3 rings (SSSR count). The van der Waals surface area contributed by atoms with Gasteiger partial charge in [0.1, 0.15) is 0 Å². The van der Waals surface area contributed by atoms with Crippen molar-refractivity contribution < 1.29 is 9.90 Å². The zero-order valence-electron chi connectivity index (χ0n) is 14.2. The van der Waals surface area contributed by atoms with Gasteiger partial charge in [-0.1, -0.05) is 0 Å². The van der Waals surface area contributed by atoms with Crippen molar-refractivity contribution in [3.05, 3.63) is 23.0 Å². The molecule has 1 fully saturated rings. The molecule has 23 heavy (non-hydrogen) atoms. The number of likely N-dealkylation sites (tertiary alicyclic amines) is 1. The molecule has 1 aliphatic rings. The number of hydrogen-bond donors (Lipinski definition) is 1. The summed E-state index contributed by atoms with van der Waals surface area (Å²) >= 11 is 0. The predicted octanol–water partition coefficient (Wildman–Crippen LogP) is 1.96. The van der Waals surface area contributed by atoms with E-state index < -0.39 is 6.10 Å². The maximum absolute atomic E-state index is 13.1. The van der Waals surface area contributed by atoms with Crippen LogP contribution in [0.4, 0.5) is 0 Å². The Morgan fingerprint density at radius 1 is 1.48 bits per heavy atom. The van der Waals surface area contributed by atoms with Crippen LogP contribution in [-0.4, -0.2) is 49.4 Å². The fourth-order valence-electron chi connectivity index (χ4n) is 3.64. The predicted molar refractivity (Wildman–Crippen MR) is 88.3 cm³/mol. The van der Waals surface area contributed by atoms with Crippen LogP contribution in [0.2, 0.25) is 0 Å². The minimum Gasteiger partial charge on any atom is -0.393 e. The number of nitrogens with zero attached hydrogens (tertiary/aromatic N) is 4. The van der Waals surface area contributed by atoms with Crippen molar-refractivity contribution in [3.63, 3.8) is 0 Å². The van der Waals surface area contributed by atoms with Gasteiger partial charge < -0.3 is 10.0 Å². The number of aliphatic hydroxyl groups is 1. The zero-order chi connectivity index (χ0) is 16.7. The van der Waals surface area contributed by atoms with Crippen molar-refractivity contribution in [1.82, 2.24) is 19.7 Å². The summed E-state index contributed by atoms with van der Waals surface area (Å²) in [7, 11) is 1.85. The lowest BCUT2D eigenvalue weighted by molar-refractivity contribution is 0.0684. The Morgan fingerprint density at radius 3 is 2.91 bits per heavy atom. The van der Waals surface area contributed by atoms with Crippen LogP contribution in [0.5, 0.6) is 0 Å². The van der Waals surface area contributed by atoms with E-state index in [-0.39, 0.29) is 11.9 Å². The first-order chi connectivity index (χ1) is 10.9. The Kier molecular flexibility index (Phi) is 4.10. The summed E-state index contributed by atoms with van der Waals surface area (Å²) in [5.74, 6) is 0.0275. The van der Waals surface area contributed by atoms with Crippen molar-refractivity contribution in [3.8, 4) is 0 Å². The molecule has 1 N–H and O–H groups in total. The molecule has 3 heterocycles. The average Bonchev–Trinajstić information content (AvgIpc) is 3.02. The van der Waals surface area contributed by atoms with Crippen molar-refractivity contribution in [2.75, 3.05) is 6.54 Å². The number of carbonyl (C=O) groups excluding carboxylic acids is 1. The highest BCUT2D eigenvalue weighted by molar-refractivity contribution is 6.06. The van der Waals surface area contributed by atoms with E-state index >= 15 is 0 Å². The number of aliphatic hydroxyl groups excluding tert-OH is 1. The number of hydrogen-bond acceptors (Lipinski definition) is 4. The molecule has 0 spiro atoms. The number of pyridine rings is 1. The quantitative estimate of drug-likeness (QED) is 0.939. The number of aromatic nitrogens is 3. The van der Waals surface area contributed by atoms with E-state index in [0.717, 1.165) is 41.8 Å². The molecule has 0 bridgehead atoms. The summed E-state index contributed by atoms with van der Waals surface area (Å²) in [5, 5.41) is 14.9. The van der Waals surface area contributed by atoms with Crippen LogP contribution in [0.3, 0.4) is 0 Å². The van der Waals surface area contributed by atoms with Gasteiger partial charge in [0, 0.05) is 25.3 Å². The lowest BCUT2D eigenvalue weighted by Gasteiger charge is -2.26. The molecule has 0 saturated carbocycles. The van der Waals surface area contributed by atoms with E-state index in [0.29, 0.717) is 12.0 Å². The largest absolute Gasteiger partial charge is 0.393 e. The number of aryl methyl sites for hydroxylation is 3. The molecule has 1 saturated heterocycles. The van der Waals surface area contributed by atoms with Gasteiger partial charge in [-0.3, -0.25) is 9.48 Å². The molecule has 6 nitrogen and oxygen atoms in total. The molecular formula is C17H24N4O2. The molecule has 6 heteroatoms. The third-order valence-corrected chi connectivity index (χ3v) is 4.58. The molecule has 2 unspecified atom stereocenters. The molecule has 124 valence electrons. The third-order valence-electron chi connectivity index (χ3n) is 4.58. The van der Waals surface area contributed by atoms with E-state index in [1.165, 1.54) is 0 Å². The first-order valence-corrected chi connectivity index (χ1v) is 8.18. The molecule has 0 radical (unpaired) electrons. The van der Waals surface area contributed by atoms with Crippen molar-refractivity contribution >= 4 is 16.9 Å². The maximum atomic E-state index is 13.1. The van der Waals surface area contributed by atoms with Gasteiger partial charge >= 0.3 is 0 Å². The highest BCUT2D eigenvalue weighted by Gasteiger charge is 2.31. The van der Waals surface area contributed by atoms with Gasteiger partial charge in [-0.15, -0.1) is 0 Å². The van der Waals surface area contributed by atoms with Gasteiger partial charge in [0.05, 0.1) is 22.7 Å². The van der Waals surface area contributed by atoms with Crippen LogP contribution in [0.1, 0.15) is 47.9 Å². The fraction of sp³-hybridized carbons (Fsp3) is 0.588. The highest BCUT2D eigenvalue weighted by Crippen LogP contribution is 2.28. The van der Waals surface area contributed by atoms with Gasteiger partial charge in [-0.05, 0) is 46.1 Å². The third kappa shape index (κ3) is 2.83. The lowest BCUT2D eigenvalue weighted by atomic mass is 10.1. The van der Waals surface area contributed by atoms with Crippen LogP contribution in [0.15, 0.2) is 6.07 Å². The van der Waals surface area contributed by atoms with E-state index in [9.17, 15) is 9.90 Å². The van der Waals surface area contributed by atoms with Gasteiger partial charge in [-0.25, -0.2) is 4.98 Å². The van der Waals surface area contributed by atoms with Gasteiger partial charge in [0.25, 0.3) is 5.91 Å². The molecular weight excluding hydrogens is 292 g/mol. The topological polar surface area (TPSA) is 71.2 Å². The monoisotopic (exact) mass is 316 g/mol. The SMILES string of the molecule is Cc1cc(C(=O)N2CCCC2CC(C)O)c2c(C)nn(C)c2n1. The van der Waals surface area contributed by atoms with Crippen molar-refractivity contribution in [2.45, 2.75) is 52.2 Å². The van der Waals surface area contributed by atoms with E-state index in [2.05, 4.69) is 10.1 Å². The van der Waals surface area contributed by atoms with Gasteiger partial charge in [0.15, 0.2) is 5.65 Å². The fourth-order valence-corrected chi connectivity index (χ4v) is 3.64. The summed E-state index contributed by atoms with van der Waals surface area (Å²) in [6.45, 7) is 6.34. The second-order valence-corrected chi connectivity index (χ2v) is 6.60. The molecule has 2 aromatic heterocycles. The normalized spacial score (nSPS) is 19.5. The summed E-state index contributed by atoms with van der Waals surface area (Å²) < 4.78 is 1.73. The zero-order valence-corrected chi connectivity index (χ0v) is 14.2. The number of carbonyl (C=O) groups is 1. The van der Waals surface area contributed by atoms with Crippen LogP contribution in [0, 0.1) is 13.8 Å². The second kappa shape index (κ2) is 5.92. The lowest BCUT2D eigenvalue weighted by Crippen LogP contribution is -2.37. The number of rotatable bonds is 3. The van der Waals surface area contributed by atoms with Crippen molar-refractivity contribution in [2.24, 2.45) is 7.05 Å². The first-order valence-electron chi connectivity index (χ1n) is 8.18. The van der Waals surface area contributed by atoms with E-state index in [1.807, 2.05) is 31.9 Å². The Morgan fingerprint density at radius 2 is 2.22 bits per heavy atom. The average molecular weight is 316 g/mol. The van der Waals surface area contributed by atoms with E-state index in [1.54, 1.807) is 11.6 Å². The summed E-state index contributed by atoms with van der Waals surface area (Å²) in [5.41, 5.74) is 3.06. The Hall–Kier alpha value is -1.95. The molecule has 0 aromatic carbocycles. The summed E-state index contributed by atoms with van der Waals surface area (Å²) in [4.78, 5) is 19.6. The van der Waals surface area contributed by atoms with Gasteiger partial charge in [0.2, 0.25) is 0 Å². The minimum atomic E-state index is -0.396. The number of fused-ring (bicyclic) bond motifs is 1. The number of amides is 1. The van der Waals surface area contributed by atoms with Crippen LogP contribution < -0.4 is 0 Å². The van der Waals surface area contributed by atoms with Crippen LogP contribution in [0.25, 0.3) is 11.0 Å². The smallest absolute Gasteiger partial charge is 0.254 e. The Balaban J connectivity index is 2.04. The highest BCUT2D eigenvalue weighted by atomic mass is 16.3. The first kappa shape index (κ1) is 15.9. The Labute approximate surface area is 136 Å². The maximum Gasteiger partial charge on any atom is 0.254 e. The van der Waals surface area contributed by atoms with Crippen LogP contribution >= 0.6 is 0 Å². The Bertz CT molecular complexity index is 751. The minimum absolute atomic E-state index is 0.0275. The van der Waals surface area contributed by atoms with Crippen molar-refractivity contribution in [1.29, 1.82) is 0 Å². The van der Waals surface area contributed by atoms with Gasteiger partial charge in [-0.2, -0.15) is 5.10 Å². The molecule has 2 atom stereocenters. The molecule has 0 aliphatic carbocycles. The summed E-state index contributed by atoms with van der Waals surface area (Å²) in [6.07, 6.45) is 2.18. The standard InChI is InChI=1S/C17H24N4O2/c1-10-8-14(15-12(3)19-20(4)16(15)18-10)17(23)21-7-5-6-13(21)9-11(2)22/h8,11,13,22H,5-7,9H2,1-4H3. The molecule has 1 amide bonds.